The van der Waals surface area contributed by atoms with E-state index in [-0.39, 0.29) is 47.6 Å². The van der Waals surface area contributed by atoms with Crippen LogP contribution >= 0.6 is 11.3 Å². The zero-order chi connectivity index (χ0) is 31.3. The van der Waals surface area contributed by atoms with Crippen molar-refractivity contribution in [1.82, 2.24) is 10.1 Å². The Morgan fingerprint density at radius 2 is 1.82 bits per heavy atom. The summed E-state index contributed by atoms with van der Waals surface area (Å²) in [5.41, 5.74) is 2.12. The number of esters is 1. The zero-order valence-corrected chi connectivity index (χ0v) is 25.0. The highest BCUT2D eigenvalue weighted by atomic mass is 32.1. The number of anilines is 1. The summed E-state index contributed by atoms with van der Waals surface area (Å²) in [6.07, 6.45) is 0.384. The van der Waals surface area contributed by atoms with Gasteiger partial charge in [0, 0.05) is 40.1 Å². The number of carbonyl (C=O) groups is 1. The Hall–Kier alpha value is -3.97. The van der Waals surface area contributed by atoms with Crippen LogP contribution in [0.3, 0.4) is 0 Å². The number of para-hydroxylation sites is 1. The van der Waals surface area contributed by atoms with Gasteiger partial charge in [-0.05, 0) is 68.9 Å². The molecule has 2 unspecified atom stereocenters. The van der Waals surface area contributed by atoms with Crippen LogP contribution in [0.15, 0.2) is 52.4 Å². The van der Waals surface area contributed by atoms with Crippen LogP contribution in [0.1, 0.15) is 66.1 Å². The van der Waals surface area contributed by atoms with Crippen LogP contribution in [0.4, 0.5) is 22.7 Å². The van der Waals surface area contributed by atoms with Crippen molar-refractivity contribution >= 4 is 22.4 Å². The first kappa shape index (κ1) is 29.7. The van der Waals surface area contributed by atoms with Gasteiger partial charge < -0.3 is 23.6 Å². The maximum absolute atomic E-state index is 14.9. The van der Waals surface area contributed by atoms with Crippen LogP contribution in [0, 0.1) is 5.82 Å². The summed E-state index contributed by atoms with van der Waals surface area (Å²) in [6, 6.07) is 10.5. The smallest absolute Gasteiger partial charge is 0.465 e. The zero-order valence-electron chi connectivity index (χ0n) is 24.2. The Bertz CT molecular complexity index is 1700. The van der Waals surface area contributed by atoms with E-state index in [2.05, 4.69) is 19.5 Å². The number of carbonyl (C=O) groups excluding carboxylic acids is 1. The van der Waals surface area contributed by atoms with Gasteiger partial charge in [0.05, 0.1) is 31.1 Å². The van der Waals surface area contributed by atoms with Crippen LogP contribution in [0.25, 0.3) is 22.5 Å². The number of fused-ring (bicyclic) bond motifs is 2. The molecule has 45 heavy (non-hydrogen) atoms. The molecule has 2 aromatic heterocycles. The van der Waals surface area contributed by atoms with Gasteiger partial charge in [-0.25, -0.2) is 14.2 Å². The second-order valence-electron chi connectivity index (χ2n) is 11.6. The van der Waals surface area contributed by atoms with Crippen molar-refractivity contribution in [2.75, 3.05) is 12.0 Å². The van der Waals surface area contributed by atoms with Crippen molar-refractivity contribution in [2.24, 2.45) is 0 Å². The van der Waals surface area contributed by atoms with Gasteiger partial charge in [-0.15, -0.1) is 24.5 Å². The Balaban J connectivity index is 1.06. The first-order valence-corrected chi connectivity index (χ1v) is 15.6. The molecule has 8 nitrogen and oxygen atoms in total. The molecule has 4 aromatic rings. The molecule has 3 fully saturated rings. The van der Waals surface area contributed by atoms with E-state index >= 15 is 0 Å². The molecule has 2 saturated heterocycles. The highest BCUT2D eigenvalue weighted by Crippen LogP contribution is 2.47. The number of ether oxygens (including phenoxy) is 3. The number of alkyl halides is 3. The average Bonchev–Trinajstić information content (AvgIpc) is 3.48. The largest absolute Gasteiger partial charge is 0.573 e. The highest BCUT2D eigenvalue weighted by molar-refractivity contribution is 7.14. The summed E-state index contributed by atoms with van der Waals surface area (Å²) < 4.78 is 75.4. The molecule has 0 N–H and O–H groups in total. The molecule has 1 saturated carbocycles. The fourth-order valence-corrected chi connectivity index (χ4v) is 7.43. The van der Waals surface area contributed by atoms with Crippen LogP contribution < -0.4 is 9.64 Å². The quantitative estimate of drug-likeness (QED) is 0.135. The molecule has 13 heteroatoms. The number of nitrogens with zero attached hydrogens (tertiary/aromatic N) is 3. The maximum Gasteiger partial charge on any atom is 0.573 e. The van der Waals surface area contributed by atoms with Gasteiger partial charge in [0.1, 0.15) is 23.0 Å². The predicted octanol–water partition coefficient (Wildman–Crippen LogP) is 7.88. The molecule has 0 radical (unpaired) electrons. The molecule has 7 rings (SSSR count). The lowest BCUT2D eigenvalue weighted by Gasteiger charge is -2.38. The van der Waals surface area contributed by atoms with Crippen molar-refractivity contribution in [1.29, 1.82) is 0 Å². The molecule has 1 aliphatic carbocycles. The highest BCUT2D eigenvalue weighted by Gasteiger charge is 2.43. The van der Waals surface area contributed by atoms with Gasteiger partial charge in [-0.3, -0.25) is 0 Å². The summed E-state index contributed by atoms with van der Waals surface area (Å²) in [4.78, 5) is 18.8. The van der Waals surface area contributed by atoms with E-state index in [4.69, 9.17) is 14.2 Å². The topological polar surface area (TPSA) is 86.9 Å². The van der Waals surface area contributed by atoms with Gasteiger partial charge in [-0.1, -0.05) is 17.3 Å². The van der Waals surface area contributed by atoms with Crippen molar-refractivity contribution in [3.8, 4) is 28.3 Å². The lowest BCUT2D eigenvalue weighted by Crippen LogP contribution is -2.45. The number of piperidine rings is 1. The Kier molecular flexibility index (Phi) is 7.76. The van der Waals surface area contributed by atoms with Crippen LogP contribution in [-0.4, -0.2) is 47.8 Å². The first-order valence-electron chi connectivity index (χ1n) is 14.8. The number of rotatable bonds is 9. The molecule has 2 aliphatic heterocycles. The Labute approximate surface area is 259 Å². The predicted molar refractivity (Wildman–Crippen MR) is 157 cm³/mol. The van der Waals surface area contributed by atoms with E-state index in [0.29, 0.717) is 28.3 Å². The van der Waals surface area contributed by atoms with E-state index in [0.717, 1.165) is 49.7 Å². The van der Waals surface area contributed by atoms with Gasteiger partial charge in [0.2, 0.25) is 0 Å². The summed E-state index contributed by atoms with van der Waals surface area (Å²) in [5.74, 6) is -0.648. The minimum absolute atomic E-state index is 0.0713. The fourth-order valence-electron chi connectivity index (χ4n) is 6.47. The van der Waals surface area contributed by atoms with Gasteiger partial charge >= 0.3 is 12.3 Å². The monoisotopic (exact) mass is 643 g/mol. The number of aromatic nitrogens is 2. The molecule has 2 bridgehead atoms. The molecular weight excluding hydrogens is 614 g/mol. The average molecular weight is 644 g/mol. The van der Waals surface area contributed by atoms with E-state index in [1.165, 1.54) is 42.7 Å². The SMILES string of the molecule is COC(=O)c1ccc(-c2csc(N3C4CCC3CC(OCc3c(-c5ccccc5OC(F)(F)F)noc3C3CC3)C4)n2)c(F)c1. The number of benzene rings is 2. The maximum atomic E-state index is 14.9. The number of thiazole rings is 1. The third-order valence-electron chi connectivity index (χ3n) is 8.67. The van der Waals surface area contributed by atoms with Crippen molar-refractivity contribution in [3.63, 3.8) is 0 Å². The number of halogens is 4. The van der Waals surface area contributed by atoms with Crippen molar-refractivity contribution in [3.05, 3.63) is 70.5 Å². The van der Waals surface area contributed by atoms with E-state index in [1.54, 1.807) is 12.1 Å². The molecule has 0 amide bonds. The summed E-state index contributed by atoms with van der Waals surface area (Å²) in [5, 5.41) is 6.81. The third kappa shape index (κ3) is 6.02. The van der Waals surface area contributed by atoms with Crippen molar-refractivity contribution in [2.45, 2.75) is 75.6 Å². The van der Waals surface area contributed by atoms with Crippen LogP contribution in [-0.2, 0) is 16.1 Å². The fraction of sp³-hybridized carbons (Fsp3) is 0.406. The molecule has 0 spiro atoms. The molecule has 3 aliphatic rings. The first-order chi connectivity index (χ1) is 21.7. The second-order valence-corrected chi connectivity index (χ2v) is 12.4. The van der Waals surface area contributed by atoms with Crippen LogP contribution in [0.5, 0.6) is 5.75 Å². The van der Waals surface area contributed by atoms with Gasteiger partial charge in [0.15, 0.2) is 5.13 Å². The van der Waals surface area contributed by atoms with Crippen molar-refractivity contribution < 1.29 is 41.1 Å². The van der Waals surface area contributed by atoms with Gasteiger partial charge in [-0.2, -0.15) is 0 Å². The lowest BCUT2D eigenvalue weighted by molar-refractivity contribution is -0.274. The molecular formula is C32H29F4N3O5S. The summed E-state index contributed by atoms with van der Waals surface area (Å²) >= 11 is 1.45. The van der Waals surface area contributed by atoms with E-state index < -0.39 is 18.1 Å². The number of hydrogen-bond acceptors (Lipinski definition) is 9. The van der Waals surface area contributed by atoms with Crippen LogP contribution in [0.2, 0.25) is 0 Å². The van der Waals surface area contributed by atoms with Gasteiger partial charge in [0.25, 0.3) is 0 Å². The Morgan fingerprint density at radius 3 is 2.51 bits per heavy atom. The summed E-state index contributed by atoms with van der Waals surface area (Å²) in [7, 11) is 1.25. The van der Waals surface area contributed by atoms with E-state index in [9.17, 15) is 22.4 Å². The normalized spacial score (nSPS) is 21.3. The third-order valence-corrected chi connectivity index (χ3v) is 9.52. The minimum atomic E-state index is -4.84. The summed E-state index contributed by atoms with van der Waals surface area (Å²) in [6.45, 7) is 0.164. The number of hydrogen-bond donors (Lipinski definition) is 0. The second kappa shape index (κ2) is 11.8. The Morgan fingerprint density at radius 1 is 1.07 bits per heavy atom. The molecule has 2 aromatic carbocycles. The molecule has 236 valence electrons. The lowest BCUT2D eigenvalue weighted by atomic mass is 10.00. The molecule has 2 atom stereocenters. The molecule has 4 heterocycles. The number of methoxy groups -OCH3 is 1. The standard InChI is InChI=1S/C32H29F4N3O5S/c1-41-30(40)18-8-11-22(25(33)12-18)26-16-45-31(37-26)39-19-9-10-20(39)14-21(13-19)42-15-24-28(38-44-29(24)17-6-7-17)23-4-2-3-5-27(23)43-32(34,35)36/h2-5,8,11-12,16-17,19-21H,6-7,9-10,13-15H2,1H3. The van der Waals surface area contributed by atoms with E-state index in [1.807, 2.05) is 5.38 Å². The minimum Gasteiger partial charge on any atom is -0.465 e.